The molecule has 0 unspecified atom stereocenters. The molecule has 30 heavy (non-hydrogen) atoms. The average molecular weight is 422 g/mol. The quantitative estimate of drug-likeness (QED) is 0.476. The Morgan fingerprint density at radius 3 is 2.53 bits per heavy atom. The van der Waals surface area contributed by atoms with E-state index in [-0.39, 0.29) is 5.91 Å². The van der Waals surface area contributed by atoms with Crippen molar-refractivity contribution in [3.63, 3.8) is 0 Å². The molecule has 0 radical (unpaired) electrons. The Kier molecular flexibility index (Phi) is 6.47. The van der Waals surface area contributed by atoms with Crippen LogP contribution >= 0.6 is 11.8 Å². The summed E-state index contributed by atoms with van der Waals surface area (Å²) in [6.07, 6.45) is 6.74. The molecule has 1 amide bonds. The molecule has 0 N–H and O–H groups in total. The van der Waals surface area contributed by atoms with Crippen LogP contribution in [0.5, 0.6) is 0 Å². The summed E-state index contributed by atoms with van der Waals surface area (Å²) in [7, 11) is 0. The molecule has 0 atom stereocenters. The topological polar surface area (TPSA) is 63.9 Å². The monoisotopic (exact) mass is 421 g/mol. The van der Waals surface area contributed by atoms with Gasteiger partial charge in [-0.2, -0.15) is 0 Å². The van der Waals surface area contributed by atoms with Crippen molar-refractivity contribution in [1.29, 1.82) is 0 Å². The molecule has 0 spiro atoms. The predicted octanol–water partition coefficient (Wildman–Crippen LogP) is 4.51. The van der Waals surface area contributed by atoms with Crippen molar-refractivity contribution >= 4 is 17.7 Å². The number of aryl methyl sites for hydroxylation is 1. The van der Waals surface area contributed by atoms with Crippen LogP contribution in [-0.4, -0.2) is 42.9 Å². The van der Waals surface area contributed by atoms with E-state index in [0.29, 0.717) is 18.3 Å². The number of amides is 1. The van der Waals surface area contributed by atoms with Crippen molar-refractivity contribution < 1.29 is 4.79 Å². The first-order valence-electron chi connectivity index (χ1n) is 10.5. The fraction of sp³-hybridized carbons (Fsp3) is 0.391. The van der Waals surface area contributed by atoms with Crippen molar-refractivity contribution in [2.24, 2.45) is 0 Å². The maximum atomic E-state index is 13.0. The zero-order valence-corrected chi connectivity index (χ0v) is 18.3. The van der Waals surface area contributed by atoms with E-state index in [1.807, 2.05) is 17.0 Å². The first kappa shape index (κ1) is 20.6. The van der Waals surface area contributed by atoms with Gasteiger partial charge in [0.2, 0.25) is 5.91 Å². The second kappa shape index (κ2) is 9.43. The van der Waals surface area contributed by atoms with Gasteiger partial charge in [-0.1, -0.05) is 48.5 Å². The lowest BCUT2D eigenvalue weighted by molar-refractivity contribution is -0.129. The maximum absolute atomic E-state index is 13.0. The maximum Gasteiger partial charge on any atom is 0.233 e. The van der Waals surface area contributed by atoms with E-state index in [2.05, 4.69) is 57.9 Å². The lowest BCUT2D eigenvalue weighted by atomic mass is 10.1. The number of nitrogens with zero attached hydrogens (tertiary/aromatic N) is 5. The van der Waals surface area contributed by atoms with Gasteiger partial charge in [-0.15, -0.1) is 10.2 Å². The SMILES string of the molecule is CCCN(Cc1ccc(C)cc1)C(=O)CSc1nnc(-c2ccncc2)n1C1CC1. The third kappa shape index (κ3) is 4.90. The number of pyridine rings is 1. The van der Waals surface area contributed by atoms with Gasteiger partial charge in [-0.3, -0.25) is 14.3 Å². The van der Waals surface area contributed by atoms with E-state index in [1.165, 1.54) is 17.3 Å². The molecule has 0 bridgehead atoms. The lowest BCUT2D eigenvalue weighted by Gasteiger charge is -2.22. The van der Waals surface area contributed by atoms with Crippen LogP contribution in [0.4, 0.5) is 0 Å². The van der Waals surface area contributed by atoms with Crippen molar-refractivity contribution in [3.05, 3.63) is 59.9 Å². The van der Waals surface area contributed by atoms with E-state index in [1.54, 1.807) is 12.4 Å². The first-order valence-corrected chi connectivity index (χ1v) is 11.5. The zero-order chi connectivity index (χ0) is 20.9. The molecule has 2 aromatic heterocycles. The number of hydrogen-bond donors (Lipinski definition) is 0. The Morgan fingerprint density at radius 2 is 1.87 bits per heavy atom. The van der Waals surface area contributed by atoms with Crippen LogP contribution in [0.15, 0.2) is 53.9 Å². The first-order chi connectivity index (χ1) is 14.7. The van der Waals surface area contributed by atoms with Gasteiger partial charge in [0.1, 0.15) is 0 Å². The molecule has 156 valence electrons. The van der Waals surface area contributed by atoms with Crippen molar-refractivity contribution in [3.8, 4) is 11.4 Å². The second-order valence-corrected chi connectivity index (χ2v) is 8.68. The molecule has 0 saturated heterocycles. The van der Waals surface area contributed by atoms with Crippen LogP contribution < -0.4 is 0 Å². The highest BCUT2D eigenvalue weighted by Gasteiger charge is 2.30. The fourth-order valence-electron chi connectivity index (χ4n) is 3.43. The van der Waals surface area contributed by atoms with Gasteiger partial charge in [-0.25, -0.2) is 0 Å². The number of hydrogen-bond acceptors (Lipinski definition) is 5. The van der Waals surface area contributed by atoms with Crippen LogP contribution in [-0.2, 0) is 11.3 Å². The highest BCUT2D eigenvalue weighted by molar-refractivity contribution is 7.99. The molecule has 4 rings (SSSR count). The molecular formula is C23H27N5OS. The highest BCUT2D eigenvalue weighted by atomic mass is 32.2. The van der Waals surface area contributed by atoms with Crippen LogP contribution in [0.2, 0.25) is 0 Å². The molecule has 0 aliphatic heterocycles. The summed E-state index contributed by atoms with van der Waals surface area (Å²) in [4.78, 5) is 19.0. The molecule has 1 aromatic carbocycles. The van der Waals surface area contributed by atoms with Crippen molar-refractivity contribution in [2.75, 3.05) is 12.3 Å². The average Bonchev–Trinajstić information content (AvgIpc) is 3.52. The summed E-state index contributed by atoms with van der Waals surface area (Å²) in [6.45, 7) is 5.58. The molecule has 3 aromatic rings. The molecule has 1 fully saturated rings. The Balaban J connectivity index is 1.46. The van der Waals surface area contributed by atoms with Crippen LogP contribution in [0, 0.1) is 6.92 Å². The van der Waals surface area contributed by atoms with Gasteiger partial charge in [0, 0.05) is 37.1 Å². The Morgan fingerprint density at radius 1 is 1.13 bits per heavy atom. The second-order valence-electron chi connectivity index (χ2n) is 7.73. The Hall–Kier alpha value is -2.67. The summed E-state index contributed by atoms with van der Waals surface area (Å²) in [6, 6.07) is 12.7. The smallest absolute Gasteiger partial charge is 0.233 e. The van der Waals surface area contributed by atoms with Crippen LogP contribution in [0.3, 0.4) is 0 Å². The molecule has 2 heterocycles. The normalized spacial score (nSPS) is 13.4. The third-order valence-electron chi connectivity index (χ3n) is 5.18. The standard InChI is InChI=1S/C23H27N5OS/c1-3-14-27(15-18-6-4-17(2)5-7-18)21(29)16-30-23-26-25-22(28(23)20-8-9-20)19-10-12-24-13-11-19/h4-7,10-13,20H,3,8-9,14-16H2,1-2H3. The van der Waals surface area contributed by atoms with E-state index >= 15 is 0 Å². The summed E-state index contributed by atoms with van der Waals surface area (Å²) in [5.41, 5.74) is 3.40. The van der Waals surface area contributed by atoms with Gasteiger partial charge in [0.05, 0.1) is 5.75 Å². The number of carbonyl (C=O) groups is 1. The summed E-state index contributed by atoms with van der Waals surface area (Å²) in [5.74, 6) is 1.37. The largest absolute Gasteiger partial charge is 0.338 e. The van der Waals surface area contributed by atoms with Crippen LogP contribution in [0.25, 0.3) is 11.4 Å². The van der Waals surface area contributed by atoms with E-state index in [9.17, 15) is 4.79 Å². The van der Waals surface area contributed by atoms with Gasteiger partial charge >= 0.3 is 0 Å². The highest BCUT2D eigenvalue weighted by Crippen LogP contribution is 2.41. The number of rotatable bonds is 9. The third-order valence-corrected chi connectivity index (χ3v) is 6.11. The van der Waals surface area contributed by atoms with Gasteiger partial charge in [-0.05, 0) is 43.9 Å². The number of carbonyl (C=O) groups excluding carboxylic acids is 1. The summed E-state index contributed by atoms with van der Waals surface area (Å²) in [5, 5.41) is 9.66. The Bertz CT molecular complexity index is 983. The van der Waals surface area contributed by atoms with E-state index < -0.39 is 0 Å². The molecular weight excluding hydrogens is 394 g/mol. The van der Waals surface area contributed by atoms with E-state index in [4.69, 9.17) is 0 Å². The number of aromatic nitrogens is 4. The minimum atomic E-state index is 0.137. The van der Waals surface area contributed by atoms with Gasteiger partial charge in [0.25, 0.3) is 0 Å². The molecule has 1 aliphatic carbocycles. The van der Waals surface area contributed by atoms with E-state index in [0.717, 1.165) is 47.9 Å². The van der Waals surface area contributed by atoms with Crippen LogP contribution in [0.1, 0.15) is 43.4 Å². The summed E-state index contributed by atoms with van der Waals surface area (Å²) < 4.78 is 2.19. The Labute approximate surface area is 181 Å². The van der Waals surface area contributed by atoms with Crippen molar-refractivity contribution in [2.45, 2.75) is 50.9 Å². The minimum Gasteiger partial charge on any atom is -0.338 e. The minimum absolute atomic E-state index is 0.137. The predicted molar refractivity (Wildman–Crippen MR) is 119 cm³/mol. The molecule has 1 saturated carbocycles. The molecule has 1 aliphatic rings. The zero-order valence-electron chi connectivity index (χ0n) is 17.5. The fourth-order valence-corrected chi connectivity index (χ4v) is 4.34. The number of thioether (sulfide) groups is 1. The van der Waals surface area contributed by atoms with Crippen molar-refractivity contribution in [1.82, 2.24) is 24.6 Å². The van der Waals surface area contributed by atoms with Gasteiger partial charge < -0.3 is 4.90 Å². The number of benzene rings is 1. The summed E-state index contributed by atoms with van der Waals surface area (Å²) >= 11 is 1.49. The molecule has 6 nitrogen and oxygen atoms in total. The molecule has 7 heteroatoms. The van der Waals surface area contributed by atoms with Gasteiger partial charge in [0.15, 0.2) is 11.0 Å². The lowest BCUT2D eigenvalue weighted by Crippen LogP contribution is -2.32.